The van der Waals surface area contributed by atoms with Gasteiger partial charge in [-0.1, -0.05) is 30.3 Å². The van der Waals surface area contributed by atoms with Crippen molar-refractivity contribution in [1.82, 2.24) is 4.98 Å². The van der Waals surface area contributed by atoms with Gasteiger partial charge in [0.2, 0.25) is 0 Å². The van der Waals surface area contributed by atoms with Crippen molar-refractivity contribution in [2.45, 2.75) is 18.9 Å². The van der Waals surface area contributed by atoms with E-state index in [9.17, 15) is 9.90 Å². The van der Waals surface area contributed by atoms with Crippen LogP contribution in [0.3, 0.4) is 0 Å². The fourth-order valence-electron chi connectivity index (χ4n) is 2.59. The Morgan fingerprint density at radius 2 is 1.86 bits per heavy atom. The molecule has 0 bridgehead atoms. The molecule has 1 aromatic heterocycles. The van der Waals surface area contributed by atoms with Crippen molar-refractivity contribution in [1.29, 1.82) is 0 Å². The monoisotopic (exact) mass is 297 g/mol. The summed E-state index contributed by atoms with van der Waals surface area (Å²) < 4.78 is 0. The number of amides is 1. The number of anilines is 2. The summed E-state index contributed by atoms with van der Waals surface area (Å²) in [6, 6.07) is 12.6. The molecule has 5 heteroatoms. The second-order valence-corrected chi connectivity index (χ2v) is 5.40. The third kappa shape index (κ3) is 3.26. The maximum Gasteiger partial charge on any atom is 0.257 e. The summed E-state index contributed by atoms with van der Waals surface area (Å²) in [5, 5.41) is 12.7. The molecule has 2 heterocycles. The van der Waals surface area contributed by atoms with Gasteiger partial charge < -0.3 is 15.3 Å². The van der Waals surface area contributed by atoms with Crippen LogP contribution in [-0.2, 0) is 4.79 Å². The van der Waals surface area contributed by atoms with Gasteiger partial charge in [0.05, 0.1) is 11.9 Å². The van der Waals surface area contributed by atoms with Gasteiger partial charge in [-0.3, -0.25) is 4.79 Å². The minimum atomic E-state index is -1.18. The first kappa shape index (κ1) is 14.5. The highest BCUT2D eigenvalue weighted by atomic mass is 16.3. The van der Waals surface area contributed by atoms with Crippen LogP contribution in [0.15, 0.2) is 48.7 Å². The Balaban J connectivity index is 1.64. The maximum absolute atomic E-state index is 12.1. The first-order chi connectivity index (χ1) is 10.7. The molecule has 0 radical (unpaired) electrons. The molecule has 1 aliphatic heterocycles. The molecule has 1 amide bonds. The van der Waals surface area contributed by atoms with E-state index < -0.39 is 12.0 Å². The molecule has 3 rings (SSSR count). The largest absolute Gasteiger partial charge is 0.378 e. The molecule has 1 atom stereocenters. The molecule has 5 nitrogen and oxygen atoms in total. The predicted octanol–water partition coefficient (Wildman–Crippen LogP) is 2.35. The van der Waals surface area contributed by atoms with E-state index in [4.69, 9.17) is 0 Å². The molecule has 0 spiro atoms. The van der Waals surface area contributed by atoms with E-state index in [-0.39, 0.29) is 0 Å². The Morgan fingerprint density at radius 3 is 2.50 bits per heavy atom. The van der Waals surface area contributed by atoms with Crippen molar-refractivity contribution in [2.24, 2.45) is 0 Å². The standard InChI is InChI=1S/C17H19N3O2/c21-16(13-6-2-1-3-7-13)17(22)19-14-8-9-15(18-12-14)20-10-4-5-11-20/h1-3,6-9,12,16,21H,4-5,10-11H2,(H,19,22). The molecule has 22 heavy (non-hydrogen) atoms. The maximum atomic E-state index is 12.1. The second kappa shape index (κ2) is 6.58. The number of benzene rings is 1. The average Bonchev–Trinajstić information content (AvgIpc) is 3.10. The first-order valence-corrected chi connectivity index (χ1v) is 7.49. The highest BCUT2D eigenvalue weighted by Gasteiger charge is 2.18. The lowest BCUT2D eigenvalue weighted by molar-refractivity contribution is -0.124. The van der Waals surface area contributed by atoms with Crippen LogP contribution in [0.2, 0.25) is 0 Å². The van der Waals surface area contributed by atoms with Crippen LogP contribution in [0, 0.1) is 0 Å². The van der Waals surface area contributed by atoms with E-state index in [0.29, 0.717) is 11.3 Å². The molecule has 0 saturated carbocycles. The number of aliphatic hydroxyl groups is 1. The van der Waals surface area contributed by atoms with E-state index in [0.717, 1.165) is 18.9 Å². The molecule has 2 aromatic rings. The lowest BCUT2D eigenvalue weighted by atomic mass is 10.1. The third-order valence-corrected chi connectivity index (χ3v) is 3.81. The van der Waals surface area contributed by atoms with Crippen LogP contribution < -0.4 is 10.2 Å². The topological polar surface area (TPSA) is 65.5 Å². The van der Waals surface area contributed by atoms with Gasteiger partial charge >= 0.3 is 0 Å². The summed E-state index contributed by atoms with van der Waals surface area (Å²) in [4.78, 5) is 18.7. The van der Waals surface area contributed by atoms with Gasteiger partial charge in [0.1, 0.15) is 5.82 Å². The Labute approximate surface area is 129 Å². The SMILES string of the molecule is O=C(Nc1ccc(N2CCCC2)nc1)C(O)c1ccccc1. The summed E-state index contributed by atoms with van der Waals surface area (Å²) in [5.41, 5.74) is 1.16. The molecule has 1 unspecified atom stereocenters. The predicted molar refractivity (Wildman–Crippen MR) is 85.7 cm³/mol. The molecule has 1 aliphatic rings. The smallest absolute Gasteiger partial charge is 0.257 e. The Morgan fingerprint density at radius 1 is 1.14 bits per heavy atom. The van der Waals surface area contributed by atoms with Gasteiger partial charge in [0, 0.05) is 13.1 Å². The molecule has 1 saturated heterocycles. The van der Waals surface area contributed by atoms with E-state index >= 15 is 0 Å². The number of aromatic nitrogens is 1. The van der Waals surface area contributed by atoms with Crippen LogP contribution in [0.25, 0.3) is 0 Å². The van der Waals surface area contributed by atoms with Crippen LogP contribution in [0.1, 0.15) is 24.5 Å². The Kier molecular flexibility index (Phi) is 4.34. The fraction of sp³-hybridized carbons (Fsp3) is 0.294. The highest BCUT2D eigenvalue weighted by Crippen LogP contribution is 2.20. The van der Waals surface area contributed by atoms with Crippen molar-refractivity contribution in [3.63, 3.8) is 0 Å². The van der Waals surface area contributed by atoms with Crippen molar-refractivity contribution in [3.05, 3.63) is 54.2 Å². The molecular weight excluding hydrogens is 278 g/mol. The number of rotatable bonds is 4. The van der Waals surface area contributed by atoms with E-state index in [1.807, 2.05) is 18.2 Å². The van der Waals surface area contributed by atoms with Crippen LogP contribution >= 0.6 is 0 Å². The van der Waals surface area contributed by atoms with Crippen LogP contribution in [0.5, 0.6) is 0 Å². The van der Waals surface area contributed by atoms with Gasteiger partial charge in [-0.05, 0) is 30.5 Å². The number of pyridine rings is 1. The number of carbonyl (C=O) groups is 1. The number of nitrogens with zero attached hydrogens (tertiary/aromatic N) is 2. The van der Waals surface area contributed by atoms with Crippen LogP contribution in [-0.4, -0.2) is 29.1 Å². The van der Waals surface area contributed by atoms with Gasteiger partial charge in [0.15, 0.2) is 6.10 Å². The van der Waals surface area contributed by atoms with Crippen molar-refractivity contribution in [2.75, 3.05) is 23.3 Å². The number of hydrogen-bond acceptors (Lipinski definition) is 4. The highest BCUT2D eigenvalue weighted by molar-refractivity contribution is 5.94. The lowest BCUT2D eigenvalue weighted by Crippen LogP contribution is -2.21. The second-order valence-electron chi connectivity index (χ2n) is 5.40. The summed E-state index contributed by atoms with van der Waals surface area (Å²) in [6.45, 7) is 2.07. The van der Waals surface area contributed by atoms with Gasteiger partial charge in [-0.2, -0.15) is 0 Å². The number of nitrogens with one attached hydrogen (secondary N) is 1. The van der Waals surface area contributed by atoms with Crippen molar-refractivity contribution in [3.8, 4) is 0 Å². The quantitative estimate of drug-likeness (QED) is 0.909. The third-order valence-electron chi connectivity index (χ3n) is 3.81. The normalized spacial score (nSPS) is 15.6. The first-order valence-electron chi connectivity index (χ1n) is 7.49. The molecule has 114 valence electrons. The van der Waals surface area contributed by atoms with E-state index in [1.54, 1.807) is 30.5 Å². The number of carbonyl (C=O) groups excluding carboxylic acids is 1. The molecule has 1 fully saturated rings. The molecular formula is C17H19N3O2. The zero-order valence-corrected chi connectivity index (χ0v) is 12.3. The van der Waals surface area contributed by atoms with Gasteiger partial charge in [0.25, 0.3) is 5.91 Å². The molecule has 2 N–H and O–H groups in total. The summed E-state index contributed by atoms with van der Waals surface area (Å²) in [7, 11) is 0. The Hall–Kier alpha value is -2.40. The van der Waals surface area contributed by atoms with Crippen molar-refractivity contribution < 1.29 is 9.90 Å². The van der Waals surface area contributed by atoms with Crippen molar-refractivity contribution >= 4 is 17.4 Å². The average molecular weight is 297 g/mol. The van der Waals surface area contributed by atoms with Gasteiger partial charge in [-0.15, -0.1) is 0 Å². The van der Waals surface area contributed by atoms with Crippen LogP contribution in [0.4, 0.5) is 11.5 Å². The van der Waals surface area contributed by atoms with Gasteiger partial charge in [-0.25, -0.2) is 4.98 Å². The summed E-state index contributed by atoms with van der Waals surface area (Å²) in [6.07, 6.45) is 2.84. The van der Waals surface area contributed by atoms with E-state index in [1.165, 1.54) is 12.8 Å². The fourth-order valence-corrected chi connectivity index (χ4v) is 2.59. The minimum absolute atomic E-state index is 0.457. The molecule has 0 aliphatic carbocycles. The lowest BCUT2D eigenvalue weighted by Gasteiger charge is -2.16. The molecule has 1 aromatic carbocycles. The summed E-state index contributed by atoms with van der Waals surface area (Å²) >= 11 is 0. The summed E-state index contributed by atoms with van der Waals surface area (Å²) in [5.74, 6) is 0.473. The minimum Gasteiger partial charge on any atom is -0.378 e. The Bertz CT molecular complexity index is 622. The number of hydrogen-bond donors (Lipinski definition) is 2. The van der Waals surface area contributed by atoms with E-state index in [2.05, 4.69) is 15.2 Å². The zero-order chi connectivity index (χ0) is 15.4. The number of aliphatic hydroxyl groups excluding tert-OH is 1. The zero-order valence-electron chi connectivity index (χ0n) is 12.3.